The Morgan fingerprint density at radius 2 is 1.31 bits per heavy atom. The standard InChI is InChI=1S/C26H24N2O4/c1-16-5-10-20(15-17(16)2)28-25(29)23(18-6-11-21(31-3)12-7-18)24(26(28)30)27-19-8-13-22(32-4)14-9-19/h5-15,27H,1-4H3. The van der Waals surface area contributed by atoms with Gasteiger partial charge in [-0.1, -0.05) is 18.2 Å². The molecule has 0 aliphatic carbocycles. The third-order valence-electron chi connectivity index (χ3n) is 5.57. The number of carbonyl (C=O) groups is 2. The number of aryl methyl sites for hydroxylation is 2. The van der Waals surface area contributed by atoms with E-state index in [1.807, 2.05) is 26.0 Å². The number of amides is 2. The monoisotopic (exact) mass is 428 g/mol. The van der Waals surface area contributed by atoms with Crippen LogP contribution in [0.5, 0.6) is 11.5 Å². The van der Waals surface area contributed by atoms with Crippen LogP contribution >= 0.6 is 0 Å². The summed E-state index contributed by atoms with van der Waals surface area (Å²) in [7, 11) is 3.17. The van der Waals surface area contributed by atoms with Crippen LogP contribution in [0, 0.1) is 13.8 Å². The third kappa shape index (κ3) is 3.83. The summed E-state index contributed by atoms with van der Waals surface area (Å²) < 4.78 is 10.4. The number of nitrogens with one attached hydrogen (secondary N) is 1. The van der Waals surface area contributed by atoms with Gasteiger partial charge in [0, 0.05) is 5.69 Å². The SMILES string of the molecule is COc1ccc(NC2=C(c3ccc(OC)cc3)C(=O)N(c3ccc(C)c(C)c3)C2=O)cc1. The smallest absolute Gasteiger partial charge is 0.282 e. The van der Waals surface area contributed by atoms with Crippen molar-refractivity contribution >= 4 is 28.8 Å². The molecule has 0 aromatic heterocycles. The molecule has 0 saturated heterocycles. The van der Waals surface area contributed by atoms with Gasteiger partial charge in [-0.2, -0.15) is 0 Å². The van der Waals surface area contributed by atoms with Crippen molar-refractivity contribution in [3.8, 4) is 11.5 Å². The summed E-state index contributed by atoms with van der Waals surface area (Å²) >= 11 is 0. The van der Waals surface area contributed by atoms with Crippen molar-refractivity contribution < 1.29 is 19.1 Å². The zero-order valence-corrected chi connectivity index (χ0v) is 18.4. The summed E-state index contributed by atoms with van der Waals surface area (Å²) in [5.41, 5.74) is 4.48. The van der Waals surface area contributed by atoms with Crippen molar-refractivity contribution in [3.63, 3.8) is 0 Å². The van der Waals surface area contributed by atoms with E-state index in [9.17, 15) is 9.59 Å². The largest absolute Gasteiger partial charge is 0.497 e. The van der Waals surface area contributed by atoms with Crippen molar-refractivity contribution in [2.24, 2.45) is 0 Å². The van der Waals surface area contributed by atoms with Gasteiger partial charge in [0.1, 0.15) is 17.2 Å². The summed E-state index contributed by atoms with van der Waals surface area (Å²) in [4.78, 5) is 28.2. The molecule has 0 atom stereocenters. The number of imide groups is 1. The summed E-state index contributed by atoms with van der Waals surface area (Å²) in [6.07, 6.45) is 0. The number of methoxy groups -OCH3 is 2. The Balaban J connectivity index is 1.79. The maximum Gasteiger partial charge on any atom is 0.282 e. The van der Waals surface area contributed by atoms with Gasteiger partial charge in [0.05, 0.1) is 25.5 Å². The zero-order valence-electron chi connectivity index (χ0n) is 18.4. The number of hydrogen-bond donors (Lipinski definition) is 1. The maximum absolute atomic E-state index is 13.5. The van der Waals surface area contributed by atoms with Gasteiger partial charge in [-0.25, -0.2) is 4.90 Å². The van der Waals surface area contributed by atoms with E-state index >= 15 is 0 Å². The van der Waals surface area contributed by atoms with Crippen LogP contribution in [0.3, 0.4) is 0 Å². The molecule has 1 N–H and O–H groups in total. The van der Waals surface area contributed by atoms with Crippen LogP contribution in [0.25, 0.3) is 5.57 Å². The van der Waals surface area contributed by atoms with E-state index in [0.29, 0.717) is 34.0 Å². The average Bonchev–Trinajstić information content (AvgIpc) is 3.05. The molecule has 0 radical (unpaired) electrons. The summed E-state index contributed by atoms with van der Waals surface area (Å²) in [6.45, 7) is 3.95. The molecule has 0 saturated carbocycles. The Morgan fingerprint density at radius 1 is 0.719 bits per heavy atom. The van der Waals surface area contributed by atoms with E-state index in [4.69, 9.17) is 9.47 Å². The fraction of sp³-hybridized carbons (Fsp3) is 0.154. The molecule has 0 spiro atoms. The van der Waals surface area contributed by atoms with E-state index < -0.39 is 5.91 Å². The van der Waals surface area contributed by atoms with Gasteiger partial charge in [0.15, 0.2) is 0 Å². The van der Waals surface area contributed by atoms with E-state index in [1.165, 1.54) is 4.90 Å². The highest BCUT2D eigenvalue weighted by Crippen LogP contribution is 2.35. The van der Waals surface area contributed by atoms with E-state index in [2.05, 4.69) is 5.32 Å². The van der Waals surface area contributed by atoms with Crippen molar-refractivity contribution in [1.29, 1.82) is 0 Å². The van der Waals surface area contributed by atoms with Crippen molar-refractivity contribution in [1.82, 2.24) is 0 Å². The molecule has 2 amide bonds. The second-order valence-electron chi connectivity index (χ2n) is 7.55. The second-order valence-corrected chi connectivity index (χ2v) is 7.55. The fourth-order valence-corrected chi connectivity index (χ4v) is 3.59. The van der Waals surface area contributed by atoms with Crippen molar-refractivity contribution in [2.75, 3.05) is 24.4 Å². The minimum absolute atomic E-state index is 0.226. The second kappa shape index (κ2) is 8.59. The fourth-order valence-electron chi connectivity index (χ4n) is 3.59. The number of benzene rings is 3. The number of anilines is 2. The molecule has 1 aliphatic heterocycles. The molecule has 3 aromatic carbocycles. The molecule has 32 heavy (non-hydrogen) atoms. The number of hydrogen-bond acceptors (Lipinski definition) is 5. The van der Waals surface area contributed by atoms with Gasteiger partial charge in [0.25, 0.3) is 11.8 Å². The molecule has 6 heteroatoms. The minimum atomic E-state index is -0.403. The number of rotatable bonds is 6. The third-order valence-corrected chi connectivity index (χ3v) is 5.57. The first-order chi connectivity index (χ1) is 15.4. The molecule has 0 unspecified atom stereocenters. The molecule has 0 bridgehead atoms. The normalized spacial score (nSPS) is 13.6. The van der Waals surface area contributed by atoms with Crippen LogP contribution in [-0.4, -0.2) is 26.0 Å². The Labute approximate surface area is 187 Å². The molecule has 4 rings (SSSR count). The lowest BCUT2D eigenvalue weighted by Gasteiger charge is -2.17. The van der Waals surface area contributed by atoms with Crippen molar-refractivity contribution in [2.45, 2.75) is 13.8 Å². The highest BCUT2D eigenvalue weighted by Gasteiger charge is 2.40. The van der Waals surface area contributed by atoms with Crippen LogP contribution in [0.15, 0.2) is 72.4 Å². The molecule has 3 aromatic rings. The Kier molecular flexibility index (Phi) is 5.69. The number of carbonyl (C=O) groups excluding carboxylic acids is 2. The van der Waals surface area contributed by atoms with E-state index in [1.54, 1.807) is 68.8 Å². The summed E-state index contributed by atoms with van der Waals surface area (Å²) in [5, 5.41) is 3.16. The Hall–Kier alpha value is -4.06. The Morgan fingerprint density at radius 3 is 1.88 bits per heavy atom. The lowest BCUT2D eigenvalue weighted by molar-refractivity contribution is -0.120. The van der Waals surface area contributed by atoms with Crippen LogP contribution in [0.1, 0.15) is 16.7 Å². The molecule has 162 valence electrons. The van der Waals surface area contributed by atoms with Gasteiger partial charge in [-0.15, -0.1) is 0 Å². The summed E-state index contributed by atoms with van der Waals surface area (Å²) in [6, 6.07) is 19.8. The lowest BCUT2D eigenvalue weighted by atomic mass is 10.0. The van der Waals surface area contributed by atoms with Gasteiger partial charge in [0.2, 0.25) is 0 Å². The zero-order chi connectivity index (χ0) is 22.8. The average molecular weight is 428 g/mol. The molecule has 0 fully saturated rings. The Bertz CT molecular complexity index is 1210. The van der Waals surface area contributed by atoms with Crippen LogP contribution in [0.2, 0.25) is 0 Å². The number of nitrogens with zero attached hydrogens (tertiary/aromatic N) is 1. The highest BCUT2D eigenvalue weighted by molar-refractivity contribution is 6.46. The van der Waals surface area contributed by atoms with Crippen molar-refractivity contribution in [3.05, 3.63) is 89.1 Å². The van der Waals surface area contributed by atoms with Gasteiger partial charge >= 0.3 is 0 Å². The van der Waals surface area contributed by atoms with Crippen LogP contribution < -0.4 is 19.7 Å². The van der Waals surface area contributed by atoms with Gasteiger partial charge in [-0.3, -0.25) is 9.59 Å². The molecule has 1 aliphatic rings. The predicted molar refractivity (Wildman–Crippen MR) is 125 cm³/mol. The van der Waals surface area contributed by atoms with Crippen LogP contribution in [0.4, 0.5) is 11.4 Å². The van der Waals surface area contributed by atoms with Gasteiger partial charge in [-0.05, 0) is 79.1 Å². The molecular weight excluding hydrogens is 404 g/mol. The predicted octanol–water partition coefficient (Wildman–Crippen LogP) is 4.72. The quantitative estimate of drug-likeness (QED) is 0.576. The maximum atomic E-state index is 13.5. The lowest BCUT2D eigenvalue weighted by Crippen LogP contribution is -2.32. The van der Waals surface area contributed by atoms with E-state index in [0.717, 1.165) is 11.1 Å². The number of ether oxygens (including phenoxy) is 2. The highest BCUT2D eigenvalue weighted by atomic mass is 16.5. The summed E-state index contributed by atoms with van der Waals surface area (Å²) in [5.74, 6) is 0.589. The molecule has 1 heterocycles. The van der Waals surface area contributed by atoms with Gasteiger partial charge < -0.3 is 14.8 Å². The first kappa shape index (κ1) is 21.2. The first-order valence-corrected chi connectivity index (χ1v) is 10.2. The van der Waals surface area contributed by atoms with Crippen LogP contribution in [-0.2, 0) is 9.59 Å². The molecular formula is C26H24N2O4. The molecule has 6 nitrogen and oxygen atoms in total. The minimum Gasteiger partial charge on any atom is -0.497 e. The topological polar surface area (TPSA) is 67.9 Å². The van der Waals surface area contributed by atoms with E-state index in [-0.39, 0.29) is 11.6 Å². The first-order valence-electron chi connectivity index (χ1n) is 10.2.